The van der Waals surface area contributed by atoms with Gasteiger partial charge in [-0.2, -0.15) is 26.3 Å². The molecule has 3 rings (SSSR count). The fourth-order valence-electron chi connectivity index (χ4n) is 4.59. The molecule has 3 aromatic rings. The van der Waals surface area contributed by atoms with Crippen molar-refractivity contribution < 1.29 is 49.8 Å². The molecule has 15 heteroatoms. The zero-order valence-electron chi connectivity index (χ0n) is 27.0. The monoisotopic (exact) mass is 682 g/mol. The quantitative estimate of drug-likeness (QED) is 0.108. The number of carbonyl (C=O) groups excluding carboxylic acids is 2. The summed E-state index contributed by atoms with van der Waals surface area (Å²) in [5, 5.41) is 9.33. The van der Waals surface area contributed by atoms with Crippen LogP contribution in [0.15, 0.2) is 66.1 Å². The Balaban J connectivity index is 2.26. The summed E-state index contributed by atoms with van der Waals surface area (Å²) in [5.74, 6) is -3.00. The van der Waals surface area contributed by atoms with Gasteiger partial charge in [-0.1, -0.05) is 56.3 Å². The molecule has 0 unspecified atom stereocenters. The van der Waals surface area contributed by atoms with E-state index in [2.05, 4.69) is 33.7 Å². The first-order valence-electron chi connectivity index (χ1n) is 14.6. The van der Waals surface area contributed by atoms with Gasteiger partial charge in [-0.15, -0.1) is 23.4 Å². The number of pyridine rings is 1. The molecule has 1 amide bonds. The molecule has 0 radical (unpaired) electrons. The Morgan fingerprint density at radius 2 is 1.56 bits per heavy atom. The van der Waals surface area contributed by atoms with Crippen LogP contribution in [0.5, 0.6) is 0 Å². The van der Waals surface area contributed by atoms with Crippen molar-refractivity contribution in [1.82, 2.24) is 15.2 Å². The number of anilines is 1. The number of hydrogen-bond acceptors (Lipinski definition) is 8. The van der Waals surface area contributed by atoms with Gasteiger partial charge in [0.05, 0.1) is 17.9 Å². The molecule has 0 aliphatic heterocycles. The number of halogens is 6. The van der Waals surface area contributed by atoms with E-state index < -0.39 is 94.7 Å². The second kappa shape index (κ2) is 14.3. The van der Waals surface area contributed by atoms with Crippen LogP contribution in [0.3, 0.4) is 0 Å². The van der Waals surface area contributed by atoms with E-state index in [0.29, 0.717) is 11.6 Å². The maximum Gasteiger partial charge on any atom is 0.426 e. The van der Waals surface area contributed by atoms with Gasteiger partial charge in [-0.05, 0) is 44.2 Å². The van der Waals surface area contributed by atoms with E-state index in [-0.39, 0.29) is 6.42 Å². The van der Waals surface area contributed by atoms with Crippen molar-refractivity contribution in [3.8, 4) is 11.6 Å². The molecule has 2 heterocycles. The van der Waals surface area contributed by atoms with Gasteiger partial charge < -0.3 is 13.9 Å². The number of benzene rings is 1. The molecule has 0 saturated carbocycles. The van der Waals surface area contributed by atoms with Crippen LogP contribution in [0.25, 0.3) is 11.6 Å². The largest absolute Gasteiger partial charge is 0.444 e. The maximum atomic E-state index is 14.8. The van der Waals surface area contributed by atoms with E-state index >= 15 is 0 Å². The number of ketones is 1. The number of aromatic nitrogens is 3. The Labute approximate surface area is 273 Å². The fraction of sp³-hybridized carbons (Fsp3) is 0.424. The highest BCUT2D eigenvalue weighted by atomic mass is 19.4. The summed E-state index contributed by atoms with van der Waals surface area (Å²) in [4.78, 5) is 29.9. The summed E-state index contributed by atoms with van der Waals surface area (Å²) >= 11 is 0. The van der Waals surface area contributed by atoms with Crippen LogP contribution < -0.4 is 5.32 Å². The van der Waals surface area contributed by atoms with E-state index in [4.69, 9.17) is 13.9 Å². The molecule has 0 aliphatic rings. The Morgan fingerprint density at radius 1 is 0.938 bits per heavy atom. The summed E-state index contributed by atoms with van der Waals surface area (Å²) in [6.07, 6.45) is -10.1. The highest BCUT2D eigenvalue weighted by Crippen LogP contribution is 2.46. The third kappa shape index (κ3) is 9.30. The second-order valence-corrected chi connectivity index (χ2v) is 12.7. The Bertz CT molecular complexity index is 1630. The standard InChI is InChI=1S/C33H36F6N4O5/c1-8-15-30(6,7)18-23(44)24-21(32(34,35)36)17-22(40-28(45)48-29(3,4)5)25(41-24)26-42-43-27(47-26)31(16-9-2,33(37,38)39)46-19-20-13-11-10-12-14-20/h8-14,17H,1-2,15-16,18-19H2,3-7H3,(H,40,45)/t31-/m1/s1. The van der Waals surface area contributed by atoms with Crippen molar-refractivity contribution in [2.24, 2.45) is 5.41 Å². The van der Waals surface area contributed by atoms with Crippen molar-refractivity contribution in [1.29, 1.82) is 0 Å². The molecule has 1 aromatic carbocycles. The molecular weight excluding hydrogens is 646 g/mol. The highest BCUT2D eigenvalue weighted by molar-refractivity contribution is 5.98. The van der Waals surface area contributed by atoms with Crippen molar-refractivity contribution in [2.75, 3.05) is 5.32 Å². The van der Waals surface area contributed by atoms with E-state index in [0.717, 1.165) is 6.08 Å². The third-order valence-corrected chi connectivity index (χ3v) is 6.75. The minimum atomic E-state index is -5.16. The maximum absolute atomic E-state index is 14.8. The first kappa shape index (κ1) is 37.9. The van der Waals surface area contributed by atoms with Gasteiger partial charge in [0.2, 0.25) is 5.60 Å². The molecule has 0 spiro atoms. The minimum absolute atomic E-state index is 0.268. The molecule has 0 fully saturated rings. The van der Waals surface area contributed by atoms with Gasteiger partial charge in [0, 0.05) is 12.8 Å². The lowest BCUT2D eigenvalue weighted by Gasteiger charge is -2.31. The second-order valence-electron chi connectivity index (χ2n) is 12.7. The molecule has 0 aliphatic carbocycles. The van der Waals surface area contributed by atoms with Gasteiger partial charge in [0.1, 0.15) is 11.3 Å². The number of nitrogens with zero attached hydrogens (tertiary/aromatic N) is 3. The summed E-state index contributed by atoms with van der Waals surface area (Å²) in [5.41, 5.74) is -8.81. The van der Waals surface area contributed by atoms with Crippen molar-refractivity contribution >= 4 is 17.6 Å². The lowest BCUT2D eigenvalue weighted by molar-refractivity contribution is -0.295. The fourth-order valence-corrected chi connectivity index (χ4v) is 4.59. The van der Waals surface area contributed by atoms with Gasteiger partial charge >= 0.3 is 18.4 Å². The van der Waals surface area contributed by atoms with Crippen molar-refractivity contribution in [2.45, 2.75) is 84.0 Å². The van der Waals surface area contributed by atoms with E-state index in [1.165, 1.54) is 39.0 Å². The van der Waals surface area contributed by atoms with E-state index in [1.54, 1.807) is 32.0 Å². The smallest absolute Gasteiger partial charge is 0.426 e. The van der Waals surface area contributed by atoms with Gasteiger partial charge in [0.25, 0.3) is 11.8 Å². The molecule has 48 heavy (non-hydrogen) atoms. The van der Waals surface area contributed by atoms with Crippen LogP contribution >= 0.6 is 0 Å². The summed E-state index contributed by atoms with van der Waals surface area (Å²) in [6, 6.07) is 8.33. The Kier molecular flexibility index (Phi) is 11.3. The molecule has 0 bridgehead atoms. The minimum Gasteiger partial charge on any atom is -0.444 e. The Hall–Kier alpha value is -4.53. The number of amides is 1. The van der Waals surface area contributed by atoms with Crippen LogP contribution in [0, 0.1) is 5.41 Å². The van der Waals surface area contributed by atoms with Gasteiger partial charge in [-0.3, -0.25) is 10.1 Å². The number of alkyl halides is 6. The van der Waals surface area contributed by atoms with Crippen molar-refractivity contribution in [3.05, 3.63) is 84.4 Å². The summed E-state index contributed by atoms with van der Waals surface area (Å²) in [6.45, 7) is 14.2. The number of Topliss-reactive ketones (excluding diaryl/α,β-unsaturated/α-hetero) is 1. The molecule has 9 nitrogen and oxygen atoms in total. The first-order valence-corrected chi connectivity index (χ1v) is 14.6. The molecular formula is C33H36F6N4O5. The van der Waals surface area contributed by atoms with Crippen LogP contribution in [0.2, 0.25) is 0 Å². The highest BCUT2D eigenvalue weighted by Gasteiger charge is 2.61. The van der Waals surface area contributed by atoms with Gasteiger partial charge in [0.15, 0.2) is 11.5 Å². The van der Waals surface area contributed by atoms with E-state index in [1.807, 2.05) is 0 Å². The zero-order chi connectivity index (χ0) is 36.1. The van der Waals surface area contributed by atoms with Gasteiger partial charge in [-0.25, -0.2) is 9.78 Å². The topological polar surface area (TPSA) is 116 Å². The number of nitrogens with one attached hydrogen (secondary N) is 1. The molecule has 260 valence electrons. The van der Waals surface area contributed by atoms with Crippen LogP contribution in [-0.2, 0) is 27.9 Å². The van der Waals surface area contributed by atoms with Crippen LogP contribution in [-0.4, -0.2) is 38.8 Å². The SMILES string of the molecule is C=CCC(C)(C)CC(=O)c1nc(-c2nnc([C@@](CC=C)(OCc3ccccc3)C(F)(F)F)o2)c(NC(=O)OC(C)(C)C)cc1C(F)(F)F. The molecule has 2 aromatic heterocycles. The number of ether oxygens (including phenoxy) is 2. The van der Waals surface area contributed by atoms with E-state index in [9.17, 15) is 35.9 Å². The molecule has 1 atom stereocenters. The van der Waals surface area contributed by atoms with Crippen LogP contribution in [0.1, 0.15) is 81.4 Å². The normalized spacial score (nSPS) is 13.8. The number of carbonyl (C=O) groups is 2. The molecule has 0 saturated heterocycles. The molecule has 1 N–H and O–H groups in total. The predicted molar refractivity (Wildman–Crippen MR) is 164 cm³/mol. The third-order valence-electron chi connectivity index (χ3n) is 6.75. The Morgan fingerprint density at radius 3 is 2.10 bits per heavy atom. The number of hydrogen-bond donors (Lipinski definition) is 1. The zero-order valence-corrected chi connectivity index (χ0v) is 27.0. The van der Waals surface area contributed by atoms with Crippen molar-refractivity contribution in [3.63, 3.8) is 0 Å². The lowest BCUT2D eigenvalue weighted by atomic mass is 9.83. The predicted octanol–water partition coefficient (Wildman–Crippen LogP) is 9.22. The average molecular weight is 683 g/mol. The number of rotatable bonds is 13. The average Bonchev–Trinajstić information content (AvgIpc) is 3.43. The van der Waals surface area contributed by atoms with Crippen LogP contribution in [0.4, 0.5) is 36.8 Å². The number of allylic oxidation sites excluding steroid dienone is 1. The lowest BCUT2D eigenvalue weighted by Crippen LogP contribution is -2.45. The summed E-state index contributed by atoms with van der Waals surface area (Å²) < 4.78 is 103. The summed E-state index contributed by atoms with van der Waals surface area (Å²) in [7, 11) is 0. The first-order chi connectivity index (χ1) is 22.1.